The Morgan fingerprint density at radius 1 is 0.667 bits per heavy atom. The largest absolute Gasteiger partial charge is 0.480 e. The van der Waals surface area contributed by atoms with Gasteiger partial charge in [0.1, 0.15) is 6.04 Å². The number of carboxylic acids is 1. The summed E-state index contributed by atoms with van der Waals surface area (Å²) in [5.74, 6) is -1.17. The molecule has 0 aliphatic rings. The average Bonchev–Trinajstić information content (AvgIpc) is 2.72. The van der Waals surface area contributed by atoms with Gasteiger partial charge in [-0.15, -0.1) is 0 Å². The first-order valence-electron chi connectivity index (χ1n) is 10.0. The predicted molar refractivity (Wildman–Crippen MR) is 106 cm³/mol. The first-order valence-corrected chi connectivity index (χ1v) is 10.0. The molecule has 30 heavy (non-hydrogen) atoms. The minimum absolute atomic E-state index is 0.0768. The third-order valence-electron chi connectivity index (χ3n) is 4.60. The van der Waals surface area contributed by atoms with Gasteiger partial charge in [0.15, 0.2) is 0 Å². The van der Waals surface area contributed by atoms with Crippen LogP contribution in [0.5, 0.6) is 0 Å². The molecule has 0 rings (SSSR count). The molecule has 0 aromatic heterocycles. The van der Waals surface area contributed by atoms with E-state index in [-0.39, 0.29) is 32.6 Å². The van der Waals surface area contributed by atoms with Crippen molar-refractivity contribution in [3.05, 3.63) is 0 Å². The maximum Gasteiger partial charge on any atom is 0.320 e. The Morgan fingerprint density at radius 2 is 1.07 bits per heavy atom. The predicted octanol–water partition coefficient (Wildman–Crippen LogP) is -4.37. The van der Waals surface area contributed by atoms with Crippen molar-refractivity contribution in [2.45, 2.75) is 49.7 Å². The van der Waals surface area contributed by atoms with Crippen LogP contribution in [0.4, 0.5) is 0 Å². The number of hydrogen-bond donors (Lipinski definition) is 9. The fraction of sp³-hybridized carbons (Fsp3) is 0.944. The van der Waals surface area contributed by atoms with E-state index < -0.39 is 62.9 Å². The van der Waals surface area contributed by atoms with Crippen LogP contribution in [-0.2, 0) is 4.79 Å². The van der Waals surface area contributed by atoms with Crippen LogP contribution in [0.2, 0.25) is 0 Å². The van der Waals surface area contributed by atoms with Crippen LogP contribution >= 0.6 is 0 Å². The lowest BCUT2D eigenvalue weighted by molar-refractivity contribution is -0.145. The van der Waals surface area contributed by atoms with Gasteiger partial charge >= 0.3 is 5.97 Å². The highest BCUT2D eigenvalue weighted by molar-refractivity contribution is 5.73. The molecular formula is C18H38N2O10. The van der Waals surface area contributed by atoms with E-state index in [0.717, 1.165) is 0 Å². The molecule has 0 fully saturated rings. The van der Waals surface area contributed by atoms with Crippen LogP contribution in [-0.4, -0.2) is 151 Å². The summed E-state index contributed by atoms with van der Waals surface area (Å²) in [5.41, 5.74) is 0. The van der Waals surface area contributed by atoms with Crippen LogP contribution in [0.25, 0.3) is 0 Å². The summed E-state index contributed by atoms with van der Waals surface area (Å²) in [5, 5.41) is 84.2. The van der Waals surface area contributed by atoms with Gasteiger partial charge in [0.2, 0.25) is 0 Å². The maximum atomic E-state index is 11.7. The van der Waals surface area contributed by atoms with Crippen LogP contribution in [0.1, 0.15) is 19.3 Å². The van der Waals surface area contributed by atoms with Crippen molar-refractivity contribution in [3.8, 4) is 0 Å². The second-order valence-corrected chi connectivity index (χ2v) is 7.41. The van der Waals surface area contributed by atoms with Crippen molar-refractivity contribution in [2.75, 3.05) is 59.2 Å². The molecule has 0 radical (unpaired) electrons. The van der Waals surface area contributed by atoms with Crippen molar-refractivity contribution in [2.24, 2.45) is 0 Å². The molecule has 0 aromatic carbocycles. The van der Waals surface area contributed by atoms with Crippen LogP contribution in [0.3, 0.4) is 0 Å². The number of rotatable bonds is 19. The summed E-state index contributed by atoms with van der Waals surface area (Å²) >= 11 is 0. The van der Waals surface area contributed by atoms with Gasteiger partial charge in [-0.25, -0.2) is 0 Å². The van der Waals surface area contributed by atoms with Crippen molar-refractivity contribution in [1.29, 1.82) is 0 Å². The zero-order valence-electron chi connectivity index (χ0n) is 17.2. The van der Waals surface area contributed by atoms with E-state index >= 15 is 0 Å². The first-order chi connectivity index (χ1) is 14.2. The lowest BCUT2D eigenvalue weighted by Crippen LogP contribution is -2.49. The number of carboxylic acid groups (broad SMARTS) is 1. The van der Waals surface area contributed by atoms with E-state index in [1.807, 2.05) is 0 Å². The van der Waals surface area contributed by atoms with Gasteiger partial charge < -0.3 is 46.0 Å². The Hall–Kier alpha value is -0.930. The van der Waals surface area contributed by atoms with Crippen molar-refractivity contribution >= 4 is 5.97 Å². The highest BCUT2D eigenvalue weighted by Gasteiger charge is 2.28. The molecule has 12 nitrogen and oxygen atoms in total. The number of nitrogens with zero attached hydrogens (tertiary/aromatic N) is 2. The smallest absolute Gasteiger partial charge is 0.320 e. The summed E-state index contributed by atoms with van der Waals surface area (Å²) in [6, 6.07) is -1.06. The molecule has 0 heterocycles. The fourth-order valence-corrected chi connectivity index (χ4v) is 3.09. The van der Waals surface area contributed by atoms with E-state index in [1.165, 1.54) is 4.90 Å². The molecule has 0 aromatic rings. The van der Waals surface area contributed by atoms with E-state index in [9.17, 15) is 30.3 Å². The zero-order valence-corrected chi connectivity index (χ0v) is 17.2. The molecule has 0 bridgehead atoms. The standard InChI is InChI=1S/C18H38N2O10/c21-9-13(25)5-19(6-14(26)10-22)4-2-1-3-17(18(29)30)20(7-15(27)11-23)8-16(28)12-24/h13-17,21-28H,1-12H2,(H,29,30). The summed E-state index contributed by atoms with van der Waals surface area (Å²) in [6.07, 6.45) is -3.37. The van der Waals surface area contributed by atoms with Gasteiger partial charge in [-0.3, -0.25) is 14.6 Å². The van der Waals surface area contributed by atoms with Gasteiger partial charge in [-0.1, -0.05) is 6.42 Å². The molecule has 5 atom stereocenters. The summed E-state index contributed by atoms with van der Waals surface area (Å²) < 4.78 is 0. The van der Waals surface area contributed by atoms with Gasteiger partial charge in [0.25, 0.3) is 0 Å². The van der Waals surface area contributed by atoms with Crippen LogP contribution in [0.15, 0.2) is 0 Å². The maximum absolute atomic E-state index is 11.7. The van der Waals surface area contributed by atoms with Gasteiger partial charge in [0, 0.05) is 26.2 Å². The number of hydrogen-bond acceptors (Lipinski definition) is 11. The Bertz CT molecular complexity index is 421. The second-order valence-electron chi connectivity index (χ2n) is 7.41. The molecule has 9 N–H and O–H groups in total. The summed E-state index contributed by atoms with van der Waals surface area (Å²) in [4.78, 5) is 14.7. The van der Waals surface area contributed by atoms with Crippen molar-refractivity contribution in [1.82, 2.24) is 9.80 Å². The highest BCUT2D eigenvalue weighted by atomic mass is 16.4. The first kappa shape index (κ1) is 29.1. The third kappa shape index (κ3) is 12.7. The molecule has 0 aliphatic carbocycles. The van der Waals surface area contributed by atoms with E-state index in [2.05, 4.69) is 0 Å². The van der Waals surface area contributed by atoms with Gasteiger partial charge in [0.05, 0.1) is 50.8 Å². The topological polar surface area (TPSA) is 206 Å². The minimum atomic E-state index is -1.20. The lowest BCUT2D eigenvalue weighted by Gasteiger charge is -2.32. The molecular weight excluding hydrogens is 404 g/mol. The van der Waals surface area contributed by atoms with E-state index in [4.69, 9.17) is 20.4 Å². The molecule has 180 valence electrons. The fourth-order valence-electron chi connectivity index (χ4n) is 3.09. The summed E-state index contributed by atoms with van der Waals surface area (Å²) in [7, 11) is 0. The van der Waals surface area contributed by atoms with Gasteiger partial charge in [-0.2, -0.15) is 0 Å². The average molecular weight is 443 g/mol. The number of aliphatic carboxylic acids is 1. The Kier molecular flexibility index (Phi) is 16.2. The quantitative estimate of drug-likeness (QED) is 0.0870. The molecule has 0 spiro atoms. The monoisotopic (exact) mass is 442 g/mol. The minimum Gasteiger partial charge on any atom is -0.480 e. The molecule has 0 saturated heterocycles. The van der Waals surface area contributed by atoms with Crippen LogP contribution in [0, 0.1) is 0 Å². The second kappa shape index (κ2) is 16.7. The lowest BCUT2D eigenvalue weighted by atomic mass is 10.1. The Morgan fingerprint density at radius 3 is 1.43 bits per heavy atom. The van der Waals surface area contributed by atoms with Crippen molar-refractivity contribution < 1.29 is 50.8 Å². The number of carbonyl (C=O) groups is 1. The normalized spacial score (nSPS) is 17.1. The molecule has 0 saturated carbocycles. The summed E-state index contributed by atoms with van der Waals surface area (Å²) in [6.45, 7) is -1.92. The number of aliphatic hydroxyl groups is 8. The third-order valence-corrected chi connectivity index (χ3v) is 4.60. The SMILES string of the molecule is O=C(O)C(CCCCN(CC(O)CO)CC(O)CO)N(CC(O)CO)CC(O)CO. The van der Waals surface area contributed by atoms with E-state index in [0.29, 0.717) is 19.4 Å². The molecule has 0 aliphatic heterocycles. The Labute approximate surface area is 176 Å². The van der Waals surface area contributed by atoms with Crippen LogP contribution < -0.4 is 0 Å². The highest BCUT2D eigenvalue weighted by Crippen LogP contribution is 2.13. The van der Waals surface area contributed by atoms with Crippen molar-refractivity contribution in [3.63, 3.8) is 0 Å². The Balaban J connectivity index is 4.87. The molecule has 5 unspecified atom stereocenters. The van der Waals surface area contributed by atoms with E-state index in [1.54, 1.807) is 4.90 Å². The number of aliphatic hydroxyl groups excluding tert-OH is 8. The number of unbranched alkanes of at least 4 members (excludes halogenated alkanes) is 1. The zero-order chi connectivity index (χ0) is 23.1. The molecule has 0 amide bonds. The molecule has 12 heteroatoms. The van der Waals surface area contributed by atoms with Gasteiger partial charge in [-0.05, 0) is 19.4 Å².